The number of benzene rings is 1. The summed E-state index contributed by atoms with van der Waals surface area (Å²) in [7, 11) is 1.98. The lowest BCUT2D eigenvalue weighted by Gasteiger charge is -2.11. The van der Waals surface area contributed by atoms with Crippen molar-refractivity contribution in [3.05, 3.63) is 39.7 Å². The topological polar surface area (TPSA) is 22.0 Å². The molecule has 0 N–H and O–H groups in total. The number of thioether (sulfide) groups is 1. The molecule has 1 aromatic heterocycles. The molecule has 2 nitrogen and oxygen atoms in total. The molecule has 2 aromatic rings. The fourth-order valence-electron chi connectivity index (χ4n) is 1.95. The zero-order valence-corrected chi connectivity index (χ0v) is 10.8. The van der Waals surface area contributed by atoms with Crippen molar-refractivity contribution < 1.29 is 0 Å². The predicted octanol–water partition coefficient (Wildman–Crippen LogP) is 2.88. The Balaban J connectivity index is 3.04. The Morgan fingerprint density at radius 3 is 2.56 bits per heavy atom. The Bertz CT molecular complexity index is 613. The molecule has 2 rings (SSSR count). The van der Waals surface area contributed by atoms with Crippen molar-refractivity contribution in [2.24, 2.45) is 7.05 Å². The molecule has 0 unspecified atom stereocenters. The molecule has 0 aliphatic heterocycles. The summed E-state index contributed by atoms with van der Waals surface area (Å²) in [5, 5.41) is 0.856. The van der Waals surface area contributed by atoms with Crippen LogP contribution in [0.1, 0.15) is 11.1 Å². The molecule has 0 saturated carbocycles. The lowest BCUT2D eigenvalue weighted by molar-refractivity contribution is 0.922. The van der Waals surface area contributed by atoms with Crippen LogP contribution < -0.4 is 5.43 Å². The van der Waals surface area contributed by atoms with Gasteiger partial charge < -0.3 is 4.57 Å². The molecule has 1 aromatic carbocycles. The Morgan fingerprint density at radius 2 is 1.94 bits per heavy atom. The number of aryl methyl sites for hydroxylation is 3. The SMILES string of the molecule is CSc1cn(C)c2ccc(C)c(C)c2c1=O. The van der Waals surface area contributed by atoms with Gasteiger partial charge in [0.1, 0.15) is 0 Å². The minimum atomic E-state index is 0.154. The normalized spacial score (nSPS) is 11.0. The summed E-state index contributed by atoms with van der Waals surface area (Å²) in [6, 6.07) is 4.08. The molecule has 0 spiro atoms. The van der Waals surface area contributed by atoms with Crippen LogP contribution in [-0.2, 0) is 7.05 Å². The molecule has 0 atom stereocenters. The third kappa shape index (κ3) is 1.55. The number of fused-ring (bicyclic) bond motifs is 1. The van der Waals surface area contributed by atoms with Gasteiger partial charge in [-0.1, -0.05) is 6.07 Å². The average molecular weight is 233 g/mol. The molecule has 16 heavy (non-hydrogen) atoms. The molecule has 0 radical (unpaired) electrons. The molecular formula is C13H15NOS. The van der Waals surface area contributed by atoms with E-state index in [-0.39, 0.29) is 5.43 Å². The van der Waals surface area contributed by atoms with Crippen LogP contribution in [0.3, 0.4) is 0 Å². The van der Waals surface area contributed by atoms with Gasteiger partial charge in [-0.25, -0.2) is 0 Å². The van der Waals surface area contributed by atoms with Crippen molar-refractivity contribution in [1.82, 2.24) is 4.57 Å². The Kier molecular flexibility index (Phi) is 2.80. The van der Waals surface area contributed by atoms with E-state index in [1.165, 1.54) is 17.3 Å². The molecular weight excluding hydrogens is 218 g/mol. The molecule has 0 amide bonds. The van der Waals surface area contributed by atoms with Crippen LogP contribution in [0, 0.1) is 13.8 Å². The standard InChI is InChI=1S/C13H15NOS/c1-8-5-6-10-12(9(8)2)13(15)11(16-4)7-14(10)3/h5-7H,1-4H3. The lowest BCUT2D eigenvalue weighted by atomic mass is 10.0. The zero-order chi connectivity index (χ0) is 11.9. The van der Waals surface area contributed by atoms with Crippen molar-refractivity contribution in [1.29, 1.82) is 0 Å². The van der Waals surface area contributed by atoms with E-state index in [1.807, 2.05) is 44.0 Å². The maximum absolute atomic E-state index is 12.3. The fourth-order valence-corrected chi connectivity index (χ4v) is 2.51. The Labute approximate surface area is 99.3 Å². The van der Waals surface area contributed by atoms with E-state index >= 15 is 0 Å². The summed E-state index contributed by atoms with van der Waals surface area (Å²) >= 11 is 1.51. The summed E-state index contributed by atoms with van der Waals surface area (Å²) in [6.45, 7) is 4.06. The minimum Gasteiger partial charge on any atom is -0.349 e. The van der Waals surface area contributed by atoms with Crippen LogP contribution in [0.2, 0.25) is 0 Å². The number of nitrogens with zero attached hydrogens (tertiary/aromatic N) is 1. The van der Waals surface area contributed by atoms with Gasteiger partial charge in [-0.05, 0) is 37.3 Å². The predicted molar refractivity (Wildman–Crippen MR) is 70.4 cm³/mol. The van der Waals surface area contributed by atoms with Crippen LogP contribution in [0.4, 0.5) is 0 Å². The second kappa shape index (κ2) is 3.98. The monoisotopic (exact) mass is 233 g/mol. The molecule has 0 aliphatic rings. The Morgan fingerprint density at radius 1 is 1.25 bits per heavy atom. The van der Waals surface area contributed by atoms with Gasteiger partial charge in [-0.3, -0.25) is 4.79 Å². The highest BCUT2D eigenvalue weighted by Gasteiger charge is 2.09. The first-order valence-electron chi connectivity index (χ1n) is 5.19. The highest BCUT2D eigenvalue weighted by molar-refractivity contribution is 7.98. The van der Waals surface area contributed by atoms with E-state index in [0.717, 1.165) is 21.4 Å². The van der Waals surface area contributed by atoms with E-state index in [2.05, 4.69) is 6.07 Å². The largest absolute Gasteiger partial charge is 0.349 e. The molecule has 1 heterocycles. The van der Waals surface area contributed by atoms with Crippen LogP contribution in [0.25, 0.3) is 10.9 Å². The molecule has 0 saturated heterocycles. The van der Waals surface area contributed by atoms with Crippen molar-refractivity contribution in [2.75, 3.05) is 6.26 Å². The molecule has 3 heteroatoms. The smallest absolute Gasteiger partial charge is 0.203 e. The lowest BCUT2D eigenvalue weighted by Crippen LogP contribution is -2.11. The summed E-state index contributed by atoms with van der Waals surface area (Å²) in [4.78, 5) is 13.1. The van der Waals surface area contributed by atoms with Crippen molar-refractivity contribution >= 4 is 22.7 Å². The van der Waals surface area contributed by atoms with Gasteiger partial charge in [0.25, 0.3) is 0 Å². The molecule has 0 fully saturated rings. The number of aromatic nitrogens is 1. The molecule has 0 aliphatic carbocycles. The minimum absolute atomic E-state index is 0.154. The van der Waals surface area contributed by atoms with E-state index in [4.69, 9.17) is 0 Å². The first-order valence-corrected chi connectivity index (χ1v) is 6.42. The van der Waals surface area contributed by atoms with Crippen molar-refractivity contribution in [3.63, 3.8) is 0 Å². The average Bonchev–Trinajstić information content (AvgIpc) is 2.27. The van der Waals surface area contributed by atoms with Crippen molar-refractivity contribution in [2.45, 2.75) is 18.7 Å². The number of pyridine rings is 1. The molecule has 84 valence electrons. The third-order valence-corrected chi connectivity index (χ3v) is 3.81. The van der Waals surface area contributed by atoms with Crippen LogP contribution in [0.5, 0.6) is 0 Å². The second-order valence-corrected chi connectivity index (χ2v) is 4.89. The highest BCUT2D eigenvalue weighted by atomic mass is 32.2. The zero-order valence-electron chi connectivity index (χ0n) is 10.00. The van der Waals surface area contributed by atoms with Gasteiger partial charge in [0.2, 0.25) is 5.43 Å². The summed E-state index contributed by atoms with van der Waals surface area (Å²) in [5.74, 6) is 0. The fraction of sp³-hybridized carbons (Fsp3) is 0.308. The van der Waals surface area contributed by atoms with Gasteiger partial charge in [-0.15, -0.1) is 11.8 Å². The van der Waals surface area contributed by atoms with Gasteiger partial charge in [0.05, 0.1) is 10.4 Å². The van der Waals surface area contributed by atoms with Gasteiger partial charge in [-0.2, -0.15) is 0 Å². The quantitative estimate of drug-likeness (QED) is 0.707. The van der Waals surface area contributed by atoms with Crippen LogP contribution in [0.15, 0.2) is 28.0 Å². The van der Waals surface area contributed by atoms with Crippen LogP contribution in [-0.4, -0.2) is 10.8 Å². The third-order valence-electron chi connectivity index (χ3n) is 3.08. The number of rotatable bonds is 1. The van der Waals surface area contributed by atoms with Gasteiger partial charge >= 0.3 is 0 Å². The van der Waals surface area contributed by atoms with E-state index < -0.39 is 0 Å². The summed E-state index contributed by atoms with van der Waals surface area (Å²) < 4.78 is 2.02. The first-order chi connectivity index (χ1) is 7.56. The maximum Gasteiger partial charge on any atom is 0.203 e. The maximum atomic E-state index is 12.3. The van der Waals surface area contributed by atoms with Crippen LogP contribution >= 0.6 is 11.8 Å². The molecule has 0 bridgehead atoms. The Hall–Kier alpha value is -1.22. The first kappa shape index (κ1) is 11.3. The van der Waals surface area contributed by atoms with Gasteiger partial charge in [0.15, 0.2) is 0 Å². The van der Waals surface area contributed by atoms with E-state index in [0.29, 0.717) is 0 Å². The van der Waals surface area contributed by atoms with E-state index in [9.17, 15) is 4.79 Å². The van der Waals surface area contributed by atoms with Gasteiger partial charge in [0, 0.05) is 18.6 Å². The van der Waals surface area contributed by atoms with E-state index in [1.54, 1.807) is 0 Å². The van der Waals surface area contributed by atoms with Crippen molar-refractivity contribution in [3.8, 4) is 0 Å². The second-order valence-electron chi connectivity index (χ2n) is 4.04. The highest BCUT2D eigenvalue weighted by Crippen LogP contribution is 2.21. The number of hydrogen-bond donors (Lipinski definition) is 0. The summed E-state index contributed by atoms with van der Waals surface area (Å²) in [6.07, 6.45) is 3.85. The summed E-state index contributed by atoms with van der Waals surface area (Å²) in [5.41, 5.74) is 3.42. The number of hydrogen-bond acceptors (Lipinski definition) is 2.